The highest BCUT2D eigenvalue weighted by Gasteiger charge is 1.73. The van der Waals surface area contributed by atoms with Crippen molar-refractivity contribution in [3.8, 4) is 0 Å². The Morgan fingerprint density at radius 2 is 1.50 bits per heavy atom. The Bertz CT molecular complexity index is 204. The van der Waals surface area contributed by atoms with E-state index in [-0.39, 0.29) is 0 Å². The molecular weight excluding hydrogens is 168 g/mol. The standard InChI is InChI=1S/C6H6S.O2S/c7-6-4-2-1-3-5-6;1-3-2/h1-5,7H;. The third-order valence-corrected chi connectivity index (χ3v) is 1.05. The Hall–Kier alpha value is -0.610. The minimum atomic E-state index is -0.750. The molecule has 0 amide bonds. The van der Waals surface area contributed by atoms with Gasteiger partial charge in [0, 0.05) is 4.90 Å². The van der Waals surface area contributed by atoms with Gasteiger partial charge < -0.3 is 0 Å². The second kappa shape index (κ2) is 6.51. The van der Waals surface area contributed by atoms with Gasteiger partial charge in [-0.05, 0) is 12.1 Å². The number of hydrogen-bond acceptors (Lipinski definition) is 3. The molecule has 10 heavy (non-hydrogen) atoms. The van der Waals surface area contributed by atoms with Gasteiger partial charge in [-0.15, -0.1) is 12.6 Å². The van der Waals surface area contributed by atoms with Gasteiger partial charge in [0.15, 0.2) is 0 Å². The Morgan fingerprint density at radius 1 is 1.10 bits per heavy atom. The number of rotatable bonds is 0. The third-order valence-electron chi connectivity index (χ3n) is 0.756. The van der Waals surface area contributed by atoms with E-state index >= 15 is 0 Å². The number of thiol groups is 1. The average molecular weight is 174 g/mol. The largest absolute Gasteiger partial charge is 0.335 e. The zero-order chi connectivity index (χ0) is 7.82. The van der Waals surface area contributed by atoms with Gasteiger partial charge in [0.05, 0.1) is 0 Å². The van der Waals surface area contributed by atoms with Crippen molar-refractivity contribution in [2.45, 2.75) is 4.90 Å². The summed E-state index contributed by atoms with van der Waals surface area (Å²) in [5.74, 6) is 0. The topological polar surface area (TPSA) is 34.1 Å². The maximum absolute atomic E-state index is 8.29. The molecule has 0 N–H and O–H groups in total. The fourth-order valence-electron chi connectivity index (χ4n) is 0.428. The molecule has 0 atom stereocenters. The van der Waals surface area contributed by atoms with Crippen LogP contribution < -0.4 is 0 Å². The van der Waals surface area contributed by atoms with E-state index in [1.165, 1.54) is 0 Å². The second-order valence-corrected chi connectivity index (χ2v) is 2.06. The van der Waals surface area contributed by atoms with Crippen LogP contribution in [-0.4, -0.2) is 8.42 Å². The molecule has 1 aromatic rings. The lowest BCUT2D eigenvalue weighted by atomic mass is 10.4. The van der Waals surface area contributed by atoms with Crippen molar-refractivity contribution in [2.24, 2.45) is 0 Å². The molecule has 4 heteroatoms. The van der Waals surface area contributed by atoms with Gasteiger partial charge in [-0.2, -0.15) is 8.42 Å². The molecule has 0 saturated heterocycles. The maximum Gasteiger partial charge on any atom is 0.335 e. The lowest BCUT2D eigenvalue weighted by Crippen LogP contribution is -1.56. The zero-order valence-electron chi connectivity index (χ0n) is 5.06. The smallest absolute Gasteiger partial charge is 0.168 e. The van der Waals surface area contributed by atoms with Gasteiger partial charge in [-0.25, -0.2) is 0 Å². The Labute approximate surface area is 68.3 Å². The van der Waals surface area contributed by atoms with Gasteiger partial charge in [-0.1, -0.05) is 18.2 Å². The van der Waals surface area contributed by atoms with Crippen LogP contribution in [0, 0.1) is 0 Å². The van der Waals surface area contributed by atoms with Crippen LogP contribution in [0.15, 0.2) is 35.2 Å². The molecule has 0 aliphatic rings. The first-order valence-corrected chi connectivity index (χ1v) is 3.58. The van der Waals surface area contributed by atoms with Crippen molar-refractivity contribution in [1.29, 1.82) is 0 Å². The molecule has 1 rings (SSSR count). The Morgan fingerprint density at radius 3 is 1.70 bits per heavy atom. The summed E-state index contributed by atoms with van der Waals surface area (Å²) in [7, 11) is 0. The quantitative estimate of drug-likeness (QED) is 0.602. The predicted octanol–water partition coefficient (Wildman–Crippen LogP) is 1.31. The van der Waals surface area contributed by atoms with E-state index in [1.54, 1.807) is 0 Å². The van der Waals surface area contributed by atoms with E-state index in [1.807, 2.05) is 30.3 Å². The van der Waals surface area contributed by atoms with Crippen molar-refractivity contribution in [2.75, 3.05) is 0 Å². The minimum Gasteiger partial charge on any atom is -0.168 e. The third kappa shape index (κ3) is 5.53. The molecule has 0 aliphatic heterocycles. The zero-order valence-corrected chi connectivity index (χ0v) is 6.77. The highest BCUT2D eigenvalue weighted by molar-refractivity contribution is 7.80. The molecule has 0 bridgehead atoms. The van der Waals surface area contributed by atoms with Gasteiger partial charge in [0.2, 0.25) is 0 Å². The molecule has 0 spiro atoms. The highest BCUT2D eigenvalue weighted by atomic mass is 32.1. The van der Waals surface area contributed by atoms with Crippen molar-refractivity contribution in [1.82, 2.24) is 0 Å². The second-order valence-electron chi connectivity index (χ2n) is 1.40. The van der Waals surface area contributed by atoms with E-state index in [4.69, 9.17) is 8.42 Å². The van der Waals surface area contributed by atoms with E-state index in [0.717, 1.165) is 4.90 Å². The average Bonchev–Trinajstić information content (AvgIpc) is 1.91. The van der Waals surface area contributed by atoms with Crippen LogP contribution in [0.3, 0.4) is 0 Å². The van der Waals surface area contributed by atoms with Crippen LogP contribution in [0.2, 0.25) is 0 Å². The first kappa shape index (κ1) is 9.39. The SMILES string of the molecule is O=S=O.Sc1ccccc1. The lowest BCUT2D eigenvalue weighted by molar-refractivity contribution is 0.630. The number of hydrogen-bond donors (Lipinski definition) is 1. The molecule has 0 heterocycles. The van der Waals surface area contributed by atoms with Crippen molar-refractivity contribution >= 4 is 24.2 Å². The summed E-state index contributed by atoms with van der Waals surface area (Å²) in [6.07, 6.45) is 0. The van der Waals surface area contributed by atoms with Crippen LogP contribution in [-0.2, 0) is 11.6 Å². The van der Waals surface area contributed by atoms with Crippen molar-refractivity contribution in [3.05, 3.63) is 30.3 Å². The van der Waals surface area contributed by atoms with Crippen LogP contribution in [0.1, 0.15) is 0 Å². The summed E-state index contributed by atoms with van der Waals surface area (Å²) in [5.41, 5.74) is 0. The highest BCUT2D eigenvalue weighted by Crippen LogP contribution is 2.00. The van der Waals surface area contributed by atoms with Gasteiger partial charge >= 0.3 is 11.6 Å². The Kier molecular flexibility index (Phi) is 6.11. The summed E-state index contributed by atoms with van der Waals surface area (Å²) >= 11 is 3.33. The molecule has 0 unspecified atom stereocenters. The molecule has 1 aromatic carbocycles. The van der Waals surface area contributed by atoms with Crippen LogP contribution in [0.4, 0.5) is 0 Å². The first-order valence-electron chi connectivity index (χ1n) is 2.47. The molecule has 0 fully saturated rings. The van der Waals surface area contributed by atoms with Gasteiger partial charge in [-0.3, -0.25) is 0 Å². The van der Waals surface area contributed by atoms with Crippen LogP contribution in [0.25, 0.3) is 0 Å². The molecule has 0 aliphatic carbocycles. The summed E-state index contributed by atoms with van der Waals surface area (Å²) in [5, 5.41) is 0. The molecule has 54 valence electrons. The summed E-state index contributed by atoms with van der Waals surface area (Å²) in [4.78, 5) is 1.02. The fourth-order valence-corrected chi connectivity index (χ4v) is 0.600. The fraction of sp³-hybridized carbons (Fsp3) is 0. The van der Waals surface area contributed by atoms with Crippen LogP contribution >= 0.6 is 12.6 Å². The molecule has 0 radical (unpaired) electrons. The van der Waals surface area contributed by atoms with E-state index < -0.39 is 11.6 Å². The van der Waals surface area contributed by atoms with E-state index in [2.05, 4.69) is 12.6 Å². The first-order chi connectivity index (χ1) is 4.81. The summed E-state index contributed by atoms with van der Waals surface area (Å²) < 4.78 is 16.6. The maximum atomic E-state index is 8.29. The summed E-state index contributed by atoms with van der Waals surface area (Å²) in [6.45, 7) is 0. The van der Waals surface area contributed by atoms with Crippen molar-refractivity contribution < 1.29 is 8.42 Å². The van der Waals surface area contributed by atoms with Crippen molar-refractivity contribution in [3.63, 3.8) is 0 Å². The van der Waals surface area contributed by atoms with Gasteiger partial charge in [0.25, 0.3) is 0 Å². The molecular formula is C6H6O2S2. The normalized spacial score (nSPS) is 7.30. The van der Waals surface area contributed by atoms with Crippen LogP contribution in [0.5, 0.6) is 0 Å². The minimum absolute atomic E-state index is 0.750. The lowest BCUT2D eigenvalue weighted by Gasteiger charge is -1.81. The molecule has 0 saturated carbocycles. The monoisotopic (exact) mass is 174 g/mol. The Balaban J connectivity index is 0.000000236. The number of benzene rings is 1. The predicted molar refractivity (Wildman–Crippen MR) is 42.6 cm³/mol. The van der Waals surface area contributed by atoms with E-state index in [9.17, 15) is 0 Å². The van der Waals surface area contributed by atoms with Gasteiger partial charge in [0.1, 0.15) is 0 Å². The van der Waals surface area contributed by atoms with E-state index in [0.29, 0.717) is 0 Å². The molecule has 2 nitrogen and oxygen atoms in total. The molecule has 0 aromatic heterocycles. The summed E-state index contributed by atoms with van der Waals surface area (Å²) in [6, 6.07) is 9.79.